The molecule has 0 bridgehead atoms. The maximum atomic E-state index is 12.1. The molecule has 1 atom stereocenters. The summed E-state index contributed by atoms with van der Waals surface area (Å²) in [7, 11) is 1.76. The Kier molecular flexibility index (Phi) is 8.45. The molecule has 1 aromatic rings. The van der Waals surface area contributed by atoms with Gasteiger partial charge in [-0.3, -0.25) is 9.79 Å². The van der Waals surface area contributed by atoms with Gasteiger partial charge in [-0.1, -0.05) is 56.0 Å². The third-order valence-electron chi connectivity index (χ3n) is 5.03. The predicted octanol–water partition coefficient (Wildman–Crippen LogP) is 3.10. The number of nitrogens with one attached hydrogen (secondary N) is 3. The molecular formula is C21H34N4O. The SMILES string of the molecule is CN=C(NCCC(=O)NC1CCCCC1)NCC(C)c1cccc(C)c1. The number of amides is 1. The summed E-state index contributed by atoms with van der Waals surface area (Å²) in [5.41, 5.74) is 2.60. The van der Waals surface area contributed by atoms with Crippen LogP contribution in [0.2, 0.25) is 0 Å². The van der Waals surface area contributed by atoms with Gasteiger partial charge < -0.3 is 16.0 Å². The van der Waals surface area contributed by atoms with Crippen LogP contribution in [-0.2, 0) is 4.79 Å². The van der Waals surface area contributed by atoms with Crippen LogP contribution in [0.5, 0.6) is 0 Å². The molecule has 0 radical (unpaired) electrons. The minimum absolute atomic E-state index is 0.132. The third kappa shape index (κ3) is 7.06. The van der Waals surface area contributed by atoms with Gasteiger partial charge in [0.1, 0.15) is 0 Å². The van der Waals surface area contributed by atoms with Gasteiger partial charge in [0.25, 0.3) is 0 Å². The van der Waals surface area contributed by atoms with E-state index < -0.39 is 0 Å². The number of aliphatic imine (C=N–C) groups is 1. The molecule has 26 heavy (non-hydrogen) atoms. The number of guanidine groups is 1. The molecule has 0 saturated heterocycles. The van der Waals surface area contributed by atoms with Gasteiger partial charge in [0.15, 0.2) is 5.96 Å². The van der Waals surface area contributed by atoms with Crippen molar-refractivity contribution in [2.24, 2.45) is 4.99 Å². The smallest absolute Gasteiger partial charge is 0.221 e. The molecule has 1 aliphatic carbocycles. The number of carbonyl (C=O) groups is 1. The Bertz CT molecular complexity index is 593. The number of hydrogen-bond acceptors (Lipinski definition) is 2. The van der Waals surface area contributed by atoms with Crippen LogP contribution >= 0.6 is 0 Å². The Morgan fingerprint density at radius 3 is 2.69 bits per heavy atom. The van der Waals surface area contributed by atoms with Gasteiger partial charge in [0.2, 0.25) is 5.91 Å². The molecule has 0 aromatic heterocycles. The Morgan fingerprint density at radius 2 is 2.00 bits per heavy atom. The quantitative estimate of drug-likeness (QED) is 0.518. The summed E-state index contributed by atoms with van der Waals surface area (Å²) in [4.78, 5) is 16.3. The normalized spacial score (nSPS) is 16.8. The van der Waals surface area contributed by atoms with E-state index in [1.54, 1.807) is 7.05 Å². The molecule has 1 unspecified atom stereocenters. The first-order chi connectivity index (χ1) is 12.6. The first kappa shape index (κ1) is 20.3. The summed E-state index contributed by atoms with van der Waals surface area (Å²) >= 11 is 0. The summed E-state index contributed by atoms with van der Waals surface area (Å²) in [5, 5.41) is 9.73. The van der Waals surface area contributed by atoms with Crippen molar-refractivity contribution in [3.8, 4) is 0 Å². The van der Waals surface area contributed by atoms with Gasteiger partial charge in [-0.05, 0) is 31.2 Å². The maximum absolute atomic E-state index is 12.1. The van der Waals surface area contributed by atoms with Crippen molar-refractivity contribution in [1.82, 2.24) is 16.0 Å². The number of benzene rings is 1. The fourth-order valence-corrected chi connectivity index (χ4v) is 3.41. The average Bonchev–Trinajstić information content (AvgIpc) is 2.65. The number of carbonyl (C=O) groups excluding carboxylic acids is 1. The van der Waals surface area contributed by atoms with Crippen molar-refractivity contribution in [2.45, 2.75) is 64.3 Å². The van der Waals surface area contributed by atoms with Crippen LogP contribution < -0.4 is 16.0 Å². The topological polar surface area (TPSA) is 65.5 Å². The lowest BCUT2D eigenvalue weighted by Gasteiger charge is -2.23. The van der Waals surface area contributed by atoms with Gasteiger partial charge in [0.05, 0.1) is 0 Å². The Morgan fingerprint density at radius 1 is 1.23 bits per heavy atom. The van der Waals surface area contributed by atoms with Crippen LogP contribution in [0.1, 0.15) is 62.5 Å². The van der Waals surface area contributed by atoms with E-state index in [0.29, 0.717) is 24.9 Å². The van der Waals surface area contributed by atoms with Gasteiger partial charge in [-0.15, -0.1) is 0 Å². The van der Waals surface area contributed by atoms with Crippen molar-refractivity contribution in [2.75, 3.05) is 20.1 Å². The van der Waals surface area contributed by atoms with Gasteiger partial charge in [-0.2, -0.15) is 0 Å². The van der Waals surface area contributed by atoms with Crippen LogP contribution in [0.3, 0.4) is 0 Å². The lowest BCUT2D eigenvalue weighted by Crippen LogP contribution is -2.42. The van der Waals surface area contributed by atoms with Crippen LogP contribution in [0.4, 0.5) is 0 Å². The Balaban J connectivity index is 1.66. The fourth-order valence-electron chi connectivity index (χ4n) is 3.41. The highest BCUT2D eigenvalue weighted by Crippen LogP contribution is 2.17. The first-order valence-corrected chi connectivity index (χ1v) is 9.89. The van der Waals surface area contributed by atoms with Crippen LogP contribution in [-0.4, -0.2) is 38.0 Å². The molecule has 1 fully saturated rings. The van der Waals surface area contributed by atoms with E-state index in [-0.39, 0.29) is 5.91 Å². The Labute approximate surface area is 158 Å². The van der Waals surface area contributed by atoms with Gasteiger partial charge >= 0.3 is 0 Å². The Hall–Kier alpha value is -2.04. The predicted molar refractivity (Wildman–Crippen MR) is 109 cm³/mol. The lowest BCUT2D eigenvalue weighted by molar-refractivity contribution is -0.121. The molecule has 144 valence electrons. The molecule has 5 nitrogen and oxygen atoms in total. The third-order valence-corrected chi connectivity index (χ3v) is 5.03. The second-order valence-electron chi connectivity index (χ2n) is 7.35. The van der Waals surface area contributed by atoms with E-state index in [2.05, 4.69) is 59.1 Å². The zero-order chi connectivity index (χ0) is 18.8. The van der Waals surface area contributed by atoms with Crippen molar-refractivity contribution in [1.29, 1.82) is 0 Å². The molecular weight excluding hydrogens is 324 g/mol. The molecule has 5 heteroatoms. The zero-order valence-electron chi connectivity index (χ0n) is 16.5. The average molecular weight is 359 g/mol. The molecule has 3 N–H and O–H groups in total. The van der Waals surface area contributed by atoms with Crippen molar-refractivity contribution < 1.29 is 4.79 Å². The monoisotopic (exact) mass is 358 g/mol. The summed E-state index contributed by atoms with van der Waals surface area (Å²) < 4.78 is 0. The summed E-state index contributed by atoms with van der Waals surface area (Å²) in [5.74, 6) is 1.27. The van der Waals surface area contributed by atoms with Crippen molar-refractivity contribution >= 4 is 11.9 Å². The number of aryl methyl sites for hydroxylation is 1. The molecule has 0 heterocycles. The van der Waals surface area contributed by atoms with Crippen molar-refractivity contribution in [3.05, 3.63) is 35.4 Å². The molecule has 1 aliphatic rings. The van der Waals surface area contributed by atoms with Gasteiger partial charge in [-0.25, -0.2) is 0 Å². The molecule has 1 saturated carbocycles. The molecule has 2 rings (SSSR count). The lowest BCUT2D eigenvalue weighted by atomic mass is 9.95. The van der Waals surface area contributed by atoms with E-state index in [4.69, 9.17) is 0 Å². The van der Waals surface area contributed by atoms with Gasteiger partial charge in [0, 0.05) is 32.6 Å². The highest BCUT2D eigenvalue weighted by molar-refractivity contribution is 5.81. The van der Waals surface area contributed by atoms with E-state index in [1.807, 2.05) is 0 Å². The molecule has 0 spiro atoms. The van der Waals surface area contributed by atoms with Crippen LogP contribution in [0.15, 0.2) is 29.3 Å². The van der Waals surface area contributed by atoms with E-state index >= 15 is 0 Å². The molecule has 0 aliphatic heterocycles. The zero-order valence-corrected chi connectivity index (χ0v) is 16.5. The number of nitrogens with zero attached hydrogens (tertiary/aromatic N) is 1. The summed E-state index contributed by atoms with van der Waals surface area (Å²) in [6, 6.07) is 8.97. The fraction of sp³-hybridized carbons (Fsp3) is 0.619. The molecule has 1 aromatic carbocycles. The second kappa shape index (κ2) is 10.8. The number of rotatable bonds is 7. The van der Waals surface area contributed by atoms with Crippen LogP contribution in [0, 0.1) is 6.92 Å². The minimum atomic E-state index is 0.132. The molecule has 1 amide bonds. The largest absolute Gasteiger partial charge is 0.356 e. The summed E-state index contributed by atoms with van der Waals surface area (Å²) in [6.45, 7) is 5.71. The van der Waals surface area contributed by atoms with E-state index in [9.17, 15) is 4.79 Å². The second-order valence-corrected chi connectivity index (χ2v) is 7.35. The summed E-state index contributed by atoms with van der Waals surface area (Å²) in [6.07, 6.45) is 6.50. The highest BCUT2D eigenvalue weighted by Gasteiger charge is 2.15. The van der Waals surface area contributed by atoms with Crippen molar-refractivity contribution in [3.63, 3.8) is 0 Å². The highest BCUT2D eigenvalue weighted by atomic mass is 16.1. The maximum Gasteiger partial charge on any atom is 0.221 e. The van der Waals surface area contributed by atoms with E-state index in [0.717, 1.165) is 25.3 Å². The standard InChI is InChI=1S/C21H34N4O/c1-16-8-7-9-18(14-16)17(2)15-24-21(22-3)23-13-12-20(26)25-19-10-5-4-6-11-19/h7-9,14,17,19H,4-6,10-13,15H2,1-3H3,(H,25,26)(H2,22,23,24). The number of hydrogen-bond donors (Lipinski definition) is 3. The first-order valence-electron chi connectivity index (χ1n) is 9.89. The van der Waals surface area contributed by atoms with Crippen LogP contribution in [0.25, 0.3) is 0 Å². The minimum Gasteiger partial charge on any atom is -0.356 e. The van der Waals surface area contributed by atoms with E-state index in [1.165, 1.54) is 30.4 Å².